The van der Waals surface area contributed by atoms with Crippen LogP contribution in [0.25, 0.3) is 0 Å². The van der Waals surface area contributed by atoms with Crippen molar-refractivity contribution in [3.05, 3.63) is 70.8 Å². The zero-order chi connectivity index (χ0) is 19.3. The molecule has 0 spiro atoms. The van der Waals surface area contributed by atoms with Crippen molar-refractivity contribution in [3.63, 3.8) is 0 Å². The number of nitrogens with two attached hydrogens (primary N) is 1. The molecule has 1 atom stereocenters. The lowest BCUT2D eigenvalue weighted by Gasteiger charge is -2.16. The molecule has 0 unspecified atom stereocenters. The molecule has 3 N–H and O–H groups in total. The number of nitrogens with zero attached hydrogens (tertiary/aromatic N) is 1. The number of primary amides is 1. The molecule has 2 aromatic carbocycles. The van der Waals surface area contributed by atoms with Crippen molar-refractivity contribution in [2.75, 3.05) is 0 Å². The molecule has 0 saturated heterocycles. The van der Waals surface area contributed by atoms with Gasteiger partial charge in [-0.3, -0.25) is 9.59 Å². The zero-order valence-corrected chi connectivity index (χ0v) is 13.4. The molecule has 0 aliphatic heterocycles. The van der Waals surface area contributed by atoms with E-state index in [0.717, 1.165) is 24.3 Å². The topological polar surface area (TPSA) is 96.0 Å². The predicted octanol–water partition coefficient (Wildman–Crippen LogP) is 2.40. The largest absolute Gasteiger partial charge is 0.416 e. The highest BCUT2D eigenvalue weighted by atomic mass is 19.4. The third kappa shape index (κ3) is 4.83. The van der Waals surface area contributed by atoms with Gasteiger partial charge in [-0.1, -0.05) is 12.1 Å². The highest BCUT2D eigenvalue weighted by Crippen LogP contribution is 2.29. The van der Waals surface area contributed by atoms with Gasteiger partial charge in [-0.2, -0.15) is 18.4 Å². The molecule has 0 aliphatic rings. The van der Waals surface area contributed by atoms with Gasteiger partial charge in [0.15, 0.2) is 0 Å². The first-order valence-electron chi connectivity index (χ1n) is 7.47. The number of alkyl halides is 3. The number of carbonyl (C=O) groups excluding carboxylic acids is 2. The first-order chi connectivity index (χ1) is 12.2. The Morgan fingerprint density at radius 3 is 2.12 bits per heavy atom. The maximum absolute atomic E-state index is 12.6. The van der Waals surface area contributed by atoms with Crippen LogP contribution in [0, 0.1) is 11.3 Å². The molecule has 8 heteroatoms. The van der Waals surface area contributed by atoms with E-state index in [2.05, 4.69) is 5.32 Å². The van der Waals surface area contributed by atoms with Gasteiger partial charge >= 0.3 is 6.18 Å². The summed E-state index contributed by atoms with van der Waals surface area (Å²) in [6.07, 6.45) is -4.41. The van der Waals surface area contributed by atoms with E-state index in [1.165, 1.54) is 0 Å². The van der Waals surface area contributed by atoms with Crippen LogP contribution in [0.2, 0.25) is 0 Å². The number of carbonyl (C=O) groups is 2. The number of nitriles is 1. The maximum atomic E-state index is 12.6. The Hall–Kier alpha value is -3.34. The van der Waals surface area contributed by atoms with Crippen LogP contribution in [0.3, 0.4) is 0 Å². The number of amides is 2. The first kappa shape index (κ1) is 19.0. The summed E-state index contributed by atoms with van der Waals surface area (Å²) < 4.78 is 37.7. The van der Waals surface area contributed by atoms with E-state index in [1.807, 2.05) is 6.07 Å². The van der Waals surface area contributed by atoms with Crippen LogP contribution in [0.5, 0.6) is 0 Å². The van der Waals surface area contributed by atoms with E-state index in [9.17, 15) is 22.8 Å². The van der Waals surface area contributed by atoms with Crippen LogP contribution in [0.15, 0.2) is 48.5 Å². The number of hydrogen-bond acceptors (Lipinski definition) is 3. The van der Waals surface area contributed by atoms with Gasteiger partial charge < -0.3 is 11.1 Å². The minimum Gasteiger partial charge on any atom is -0.368 e. The summed E-state index contributed by atoms with van der Waals surface area (Å²) in [7, 11) is 0. The lowest BCUT2D eigenvalue weighted by atomic mass is 10.0. The third-order valence-corrected chi connectivity index (χ3v) is 3.65. The summed E-state index contributed by atoms with van der Waals surface area (Å²) in [6.45, 7) is 0. The monoisotopic (exact) mass is 361 g/mol. The van der Waals surface area contributed by atoms with Crippen molar-refractivity contribution in [3.8, 4) is 6.07 Å². The summed E-state index contributed by atoms with van der Waals surface area (Å²) in [4.78, 5) is 23.8. The van der Waals surface area contributed by atoms with E-state index in [0.29, 0.717) is 11.1 Å². The van der Waals surface area contributed by atoms with Gasteiger partial charge in [-0.05, 0) is 42.0 Å². The molecule has 5 nitrogen and oxygen atoms in total. The average molecular weight is 361 g/mol. The smallest absolute Gasteiger partial charge is 0.368 e. The van der Waals surface area contributed by atoms with E-state index < -0.39 is 29.6 Å². The van der Waals surface area contributed by atoms with Crippen LogP contribution in [-0.2, 0) is 17.4 Å². The molecule has 26 heavy (non-hydrogen) atoms. The Morgan fingerprint density at radius 2 is 1.65 bits per heavy atom. The molecule has 134 valence electrons. The van der Waals surface area contributed by atoms with Crippen LogP contribution in [0.4, 0.5) is 13.2 Å². The van der Waals surface area contributed by atoms with E-state index in [-0.39, 0.29) is 12.0 Å². The van der Waals surface area contributed by atoms with Crippen LogP contribution < -0.4 is 11.1 Å². The fraction of sp³-hybridized carbons (Fsp3) is 0.167. The molecule has 0 fully saturated rings. The normalized spacial score (nSPS) is 12.1. The van der Waals surface area contributed by atoms with Gasteiger partial charge in [0.2, 0.25) is 5.91 Å². The van der Waals surface area contributed by atoms with Crippen molar-refractivity contribution in [2.45, 2.75) is 18.6 Å². The second kappa shape index (κ2) is 7.70. The van der Waals surface area contributed by atoms with Crippen molar-refractivity contribution in [1.29, 1.82) is 5.26 Å². The van der Waals surface area contributed by atoms with Crippen LogP contribution in [-0.4, -0.2) is 17.9 Å². The number of rotatable bonds is 5. The second-order valence-corrected chi connectivity index (χ2v) is 5.52. The lowest BCUT2D eigenvalue weighted by Crippen LogP contribution is -2.45. The van der Waals surface area contributed by atoms with Crippen molar-refractivity contribution >= 4 is 11.8 Å². The second-order valence-electron chi connectivity index (χ2n) is 5.52. The standard InChI is InChI=1S/C18H14F3N3O2/c19-18(20,21)14-7-5-13(6-8-14)17(26)24-15(16(23)25)9-11-1-3-12(10-22)4-2-11/h1-8,15H,9H2,(H2,23,25)(H,24,26)/t15-/m1/s1. The fourth-order valence-electron chi connectivity index (χ4n) is 2.23. The fourth-order valence-corrected chi connectivity index (χ4v) is 2.23. The maximum Gasteiger partial charge on any atom is 0.416 e. The summed E-state index contributed by atoms with van der Waals surface area (Å²) in [5, 5.41) is 11.2. The minimum absolute atomic E-state index is 0.0240. The van der Waals surface area contributed by atoms with Gasteiger partial charge in [0.25, 0.3) is 5.91 Å². The molecular formula is C18H14F3N3O2. The highest BCUT2D eigenvalue weighted by Gasteiger charge is 2.30. The number of benzene rings is 2. The number of nitrogens with one attached hydrogen (secondary N) is 1. The van der Waals surface area contributed by atoms with Crippen molar-refractivity contribution in [2.24, 2.45) is 5.73 Å². The Morgan fingerprint density at radius 1 is 1.08 bits per heavy atom. The van der Waals surface area contributed by atoms with Crippen LogP contribution in [0.1, 0.15) is 27.0 Å². The third-order valence-electron chi connectivity index (χ3n) is 3.65. The molecule has 0 aliphatic carbocycles. The van der Waals surface area contributed by atoms with Gasteiger partial charge in [-0.25, -0.2) is 0 Å². The predicted molar refractivity (Wildman–Crippen MR) is 86.8 cm³/mol. The molecule has 0 bridgehead atoms. The van der Waals surface area contributed by atoms with E-state index in [4.69, 9.17) is 11.0 Å². The van der Waals surface area contributed by atoms with E-state index >= 15 is 0 Å². The quantitative estimate of drug-likeness (QED) is 0.856. The summed E-state index contributed by atoms with van der Waals surface area (Å²) in [6, 6.07) is 10.9. The SMILES string of the molecule is N#Cc1ccc(C[C@@H](NC(=O)c2ccc(C(F)(F)F)cc2)C(N)=O)cc1. The van der Waals surface area contributed by atoms with Crippen LogP contribution >= 0.6 is 0 Å². The molecule has 2 amide bonds. The summed E-state index contributed by atoms with van der Waals surface area (Å²) >= 11 is 0. The molecule has 2 rings (SSSR count). The summed E-state index contributed by atoms with van der Waals surface area (Å²) in [5.74, 6) is -1.49. The Labute approximate surface area is 147 Å². The molecule has 0 saturated carbocycles. The molecule has 0 heterocycles. The van der Waals surface area contributed by atoms with Gasteiger partial charge in [-0.15, -0.1) is 0 Å². The van der Waals surface area contributed by atoms with Gasteiger partial charge in [0, 0.05) is 12.0 Å². The Balaban J connectivity index is 2.10. The van der Waals surface area contributed by atoms with Crippen molar-refractivity contribution in [1.82, 2.24) is 5.32 Å². The summed E-state index contributed by atoms with van der Waals surface area (Å²) in [5.41, 5.74) is 5.50. The Bertz CT molecular complexity index is 838. The highest BCUT2D eigenvalue weighted by molar-refractivity contribution is 5.97. The Kier molecular flexibility index (Phi) is 5.62. The number of hydrogen-bond donors (Lipinski definition) is 2. The van der Waals surface area contributed by atoms with Gasteiger partial charge in [0.05, 0.1) is 17.2 Å². The molecule has 2 aromatic rings. The molecular weight excluding hydrogens is 347 g/mol. The lowest BCUT2D eigenvalue weighted by molar-refractivity contribution is -0.137. The minimum atomic E-state index is -4.50. The van der Waals surface area contributed by atoms with Gasteiger partial charge in [0.1, 0.15) is 6.04 Å². The van der Waals surface area contributed by atoms with Crippen molar-refractivity contribution < 1.29 is 22.8 Å². The molecule has 0 radical (unpaired) electrons. The number of halogens is 3. The first-order valence-corrected chi connectivity index (χ1v) is 7.47. The van der Waals surface area contributed by atoms with E-state index in [1.54, 1.807) is 24.3 Å². The average Bonchev–Trinajstić information content (AvgIpc) is 2.61. The molecule has 0 aromatic heterocycles. The zero-order valence-electron chi connectivity index (χ0n) is 13.4.